The number of furan rings is 1. The normalized spacial score (nSPS) is 10.8. The molecule has 0 aliphatic heterocycles. The lowest BCUT2D eigenvalue weighted by molar-refractivity contribution is -0.386. The fourth-order valence-corrected chi connectivity index (χ4v) is 1.71. The number of carboxylic acid groups (broad SMARTS) is 1. The van der Waals surface area contributed by atoms with Crippen LogP contribution in [0.15, 0.2) is 46.4 Å². The van der Waals surface area contributed by atoms with Crippen molar-refractivity contribution in [2.75, 3.05) is 6.61 Å². The van der Waals surface area contributed by atoms with E-state index in [0.29, 0.717) is 17.1 Å². The van der Waals surface area contributed by atoms with Gasteiger partial charge in [0.25, 0.3) is 0 Å². The second-order valence-corrected chi connectivity index (χ2v) is 4.79. The van der Waals surface area contributed by atoms with Crippen molar-refractivity contribution in [3.8, 4) is 0 Å². The molecule has 0 radical (unpaired) electrons. The molecule has 0 aliphatic rings. The van der Waals surface area contributed by atoms with Gasteiger partial charge in [0.1, 0.15) is 11.5 Å². The number of carboxylic acids is 1. The molecule has 0 fully saturated rings. The number of carbonyl (C=O) groups excluding carboxylic acids is 1. The summed E-state index contributed by atoms with van der Waals surface area (Å²) in [5.74, 6) is -0.539. The second-order valence-electron chi connectivity index (χ2n) is 4.79. The predicted octanol–water partition coefficient (Wildman–Crippen LogP) is 0.776. The van der Waals surface area contributed by atoms with Crippen LogP contribution in [0.4, 0.5) is 0 Å². The molecule has 0 atom stereocenters. The van der Waals surface area contributed by atoms with E-state index in [2.05, 4.69) is 17.9 Å². The van der Waals surface area contributed by atoms with Gasteiger partial charge in [-0.2, -0.15) is 0 Å². The first-order chi connectivity index (χ1) is 10.5. The summed E-state index contributed by atoms with van der Waals surface area (Å²) in [6.45, 7) is 4.08. The van der Waals surface area contributed by atoms with Gasteiger partial charge in [-0.25, -0.2) is 0 Å². The largest absolute Gasteiger partial charge is 0.545 e. The van der Waals surface area contributed by atoms with Gasteiger partial charge in [-0.05, 0) is 31.6 Å². The number of aliphatic hydroxyl groups is 1. The van der Waals surface area contributed by atoms with Gasteiger partial charge in [0.05, 0.1) is 19.1 Å². The maximum atomic E-state index is 10.5. The molecule has 0 aliphatic carbocycles. The lowest BCUT2D eigenvalue weighted by Gasteiger charge is -1.95. The average molecular weight is 303 g/mol. The van der Waals surface area contributed by atoms with Crippen LogP contribution in [-0.2, 0) is 6.54 Å². The van der Waals surface area contributed by atoms with Crippen LogP contribution < -0.4 is 10.8 Å². The van der Waals surface area contributed by atoms with Gasteiger partial charge >= 0.3 is 0 Å². The average Bonchev–Trinajstić information content (AvgIpc) is 2.89. The van der Waals surface area contributed by atoms with Crippen molar-refractivity contribution in [1.82, 2.24) is 0 Å². The standard InChI is InChI=1S/C10H12O4.C7H9N/c1-6(5-11)3-8-4-9(10(12)13)7(2)14-8;8-6-7-4-2-1-3-5-7/h3-4,11H,5H2,1-2H3,(H,12,13);1-5H,6,8H2/b6-3-;. The smallest absolute Gasteiger partial charge is 0.127 e. The van der Waals surface area contributed by atoms with E-state index in [1.807, 2.05) is 18.2 Å². The highest BCUT2D eigenvalue weighted by Crippen LogP contribution is 2.16. The molecular weight excluding hydrogens is 282 g/mol. The molecule has 5 heteroatoms. The lowest BCUT2D eigenvalue weighted by Crippen LogP contribution is -2.47. The van der Waals surface area contributed by atoms with Crippen LogP contribution >= 0.6 is 0 Å². The molecule has 0 unspecified atom stereocenters. The molecule has 0 amide bonds. The Bertz CT molecular complexity index is 629. The summed E-state index contributed by atoms with van der Waals surface area (Å²) in [5, 5.41) is 19.3. The van der Waals surface area contributed by atoms with E-state index < -0.39 is 5.97 Å². The van der Waals surface area contributed by atoms with Crippen molar-refractivity contribution in [2.45, 2.75) is 20.4 Å². The van der Waals surface area contributed by atoms with Crippen molar-refractivity contribution >= 4 is 12.0 Å². The zero-order chi connectivity index (χ0) is 16.5. The molecule has 5 nitrogen and oxygen atoms in total. The van der Waals surface area contributed by atoms with Gasteiger partial charge in [-0.1, -0.05) is 30.3 Å². The zero-order valence-corrected chi connectivity index (χ0v) is 12.8. The Labute approximate surface area is 129 Å². The molecule has 22 heavy (non-hydrogen) atoms. The molecular formula is C17H21NO4. The molecule has 1 heterocycles. The van der Waals surface area contributed by atoms with Crippen molar-refractivity contribution in [3.05, 3.63) is 64.6 Å². The summed E-state index contributed by atoms with van der Waals surface area (Å²) in [6, 6.07) is 11.6. The predicted molar refractivity (Wildman–Crippen MR) is 81.5 cm³/mol. The summed E-state index contributed by atoms with van der Waals surface area (Å²) in [5.41, 5.74) is 5.80. The lowest BCUT2D eigenvalue weighted by atomic mass is 10.2. The molecule has 0 spiro atoms. The van der Waals surface area contributed by atoms with Crippen LogP contribution in [0.25, 0.3) is 6.08 Å². The van der Waals surface area contributed by atoms with E-state index in [0.717, 1.165) is 6.54 Å². The van der Waals surface area contributed by atoms with E-state index in [9.17, 15) is 9.90 Å². The van der Waals surface area contributed by atoms with Crippen LogP contribution in [0.5, 0.6) is 0 Å². The van der Waals surface area contributed by atoms with Crippen LogP contribution in [0.3, 0.4) is 0 Å². The Hall–Kier alpha value is -2.37. The highest BCUT2D eigenvalue weighted by atomic mass is 16.4. The molecule has 118 valence electrons. The number of aliphatic hydroxyl groups excluding tert-OH is 1. The minimum Gasteiger partial charge on any atom is -0.545 e. The van der Waals surface area contributed by atoms with E-state index in [1.54, 1.807) is 19.9 Å². The highest BCUT2D eigenvalue weighted by molar-refractivity contribution is 5.87. The zero-order valence-electron chi connectivity index (χ0n) is 12.8. The molecule has 2 aromatic rings. The second kappa shape index (κ2) is 8.81. The SMILES string of the molecule is C/C(=C/c1cc(C(=O)[O-])c(C)o1)CO.[NH3+]Cc1ccccc1. The third-order valence-electron chi connectivity index (χ3n) is 2.93. The Morgan fingerprint density at radius 3 is 2.41 bits per heavy atom. The van der Waals surface area contributed by atoms with Gasteiger partial charge in [-0.15, -0.1) is 0 Å². The van der Waals surface area contributed by atoms with E-state index in [1.165, 1.54) is 11.6 Å². The van der Waals surface area contributed by atoms with Crippen molar-refractivity contribution in [3.63, 3.8) is 0 Å². The first-order valence-corrected chi connectivity index (χ1v) is 6.91. The van der Waals surface area contributed by atoms with Crippen LogP contribution in [-0.4, -0.2) is 17.7 Å². The number of aryl methyl sites for hydroxylation is 1. The molecule has 4 N–H and O–H groups in total. The quantitative estimate of drug-likeness (QED) is 0.871. The molecule has 1 aromatic heterocycles. The molecule has 2 rings (SSSR count). The maximum absolute atomic E-state index is 10.5. The minimum atomic E-state index is -1.26. The van der Waals surface area contributed by atoms with Crippen LogP contribution in [0, 0.1) is 6.92 Å². The number of hydrogen-bond donors (Lipinski definition) is 2. The number of benzene rings is 1. The summed E-state index contributed by atoms with van der Waals surface area (Å²) in [4.78, 5) is 10.5. The molecule has 0 saturated heterocycles. The topological polar surface area (TPSA) is 101 Å². The number of quaternary nitrogens is 1. The summed E-state index contributed by atoms with van der Waals surface area (Å²) in [6.07, 6.45) is 1.58. The van der Waals surface area contributed by atoms with Crippen molar-refractivity contribution in [2.24, 2.45) is 0 Å². The first kappa shape index (κ1) is 17.7. The number of rotatable bonds is 4. The number of carbonyl (C=O) groups is 1. The van der Waals surface area contributed by atoms with Gasteiger partial charge in [0, 0.05) is 11.1 Å². The third kappa shape index (κ3) is 5.55. The van der Waals surface area contributed by atoms with Crippen molar-refractivity contribution in [1.29, 1.82) is 0 Å². The number of hydrogen-bond acceptors (Lipinski definition) is 4. The Kier molecular flexibility index (Phi) is 7.08. The van der Waals surface area contributed by atoms with Gasteiger partial charge in [0.15, 0.2) is 0 Å². The third-order valence-corrected chi connectivity index (χ3v) is 2.93. The fourth-order valence-electron chi connectivity index (χ4n) is 1.71. The van der Waals surface area contributed by atoms with Crippen LogP contribution in [0.1, 0.15) is 34.4 Å². The monoisotopic (exact) mass is 303 g/mol. The summed E-state index contributed by atoms with van der Waals surface area (Å²) >= 11 is 0. The van der Waals surface area contributed by atoms with E-state index >= 15 is 0 Å². The van der Waals surface area contributed by atoms with E-state index in [4.69, 9.17) is 9.52 Å². The van der Waals surface area contributed by atoms with E-state index in [-0.39, 0.29) is 12.2 Å². The Balaban J connectivity index is 0.000000255. The highest BCUT2D eigenvalue weighted by Gasteiger charge is 2.06. The minimum absolute atomic E-state index is 0.0435. The molecule has 1 aromatic carbocycles. The summed E-state index contributed by atoms with van der Waals surface area (Å²) < 4.78 is 5.14. The fraction of sp³-hybridized carbons (Fsp3) is 0.235. The maximum Gasteiger partial charge on any atom is 0.127 e. The van der Waals surface area contributed by atoms with Gasteiger partial charge < -0.3 is 25.2 Å². The Morgan fingerprint density at radius 1 is 1.36 bits per heavy atom. The summed E-state index contributed by atoms with van der Waals surface area (Å²) in [7, 11) is 0. The van der Waals surface area contributed by atoms with Crippen molar-refractivity contribution < 1.29 is 25.2 Å². The molecule has 0 bridgehead atoms. The number of aromatic carboxylic acids is 1. The van der Waals surface area contributed by atoms with Crippen LogP contribution in [0.2, 0.25) is 0 Å². The first-order valence-electron chi connectivity index (χ1n) is 6.91. The Morgan fingerprint density at radius 2 is 2.00 bits per heavy atom. The van der Waals surface area contributed by atoms with Gasteiger partial charge in [0.2, 0.25) is 0 Å². The molecule has 0 saturated carbocycles. The van der Waals surface area contributed by atoms with Gasteiger partial charge in [-0.3, -0.25) is 0 Å².